The van der Waals surface area contributed by atoms with Crippen LogP contribution in [0.4, 0.5) is 5.13 Å². The molecule has 3 aromatic carbocycles. The first-order chi connectivity index (χ1) is 14.7. The molecular weight excluding hydrogens is 392 g/mol. The lowest BCUT2D eigenvalue weighted by Gasteiger charge is -2.18. The van der Waals surface area contributed by atoms with Crippen molar-refractivity contribution in [3.8, 4) is 5.75 Å². The number of benzene rings is 3. The molecule has 1 amide bonds. The molecule has 0 aliphatic rings. The number of methoxy groups -OCH3 is 1. The van der Waals surface area contributed by atoms with E-state index in [4.69, 9.17) is 9.72 Å². The average molecular weight is 415 g/mol. The highest BCUT2D eigenvalue weighted by molar-refractivity contribution is 7.22. The van der Waals surface area contributed by atoms with E-state index in [0.717, 1.165) is 26.9 Å². The number of thiazole rings is 1. The molecule has 0 fully saturated rings. The van der Waals surface area contributed by atoms with Crippen LogP contribution in [-0.2, 0) is 11.3 Å². The zero-order valence-electron chi connectivity index (χ0n) is 16.9. The van der Waals surface area contributed by atoms with Gasteiger partial charge in [0.15, 0.2) is 5.13 Å². The lowest BCUT2D eigenvalue weighted by Crippen LogP contribution is -2.28. The van der Waals surface area contributed by atoms with Crippen LogP contribution in [0.15, 0.2) is 78.9 Å². The Morgan fingerprint density at radius 2 is 1.73 bits per heavy atom. The van der Waals surface area contributed by atoms with Gasteiger partial charge in [-0.05, 0) is 35.8 Å². The standard InChI is InChI=1S/C25H22N2O2S/c1-18-13-15-21(29-2)23-24(18)30-25(26-23)27(17-20-11-7-4-8-12-20)22(28)16-14-19-9-5-3-6-10-19/h3-16H,17H2,1-2H3/b16-14+. The van der Waals surface area contributed by atoms with Gasteiger partial charge in [-0.15, -0.1) is 0 Å². The molecule has 150 valence electrons. The maximum absolute atomic E-state index is 13.2. The molecule has 0 saturated carbocycles. The zero-order chi connectivity index (χ0) is 20.9. The number of carbonyl (C=O) groups excluding carboxylic acids is 1. The van der Waals surface area contributed by atoms with E-state index in [-0.39, 0.29) is 5.91 Å². The first-order valence-electron chi connectivity index (χ1n) is 9.68. The van der Waals surface area contributed by atoms with Gasteiger partial charge in [-0.3, -0.25) is 9.69 Å². The van der Waals surface area contributed by atoms with Gasteiger partial charge in [0.1, 0.15) is 11.3 Å². The number of amides is 1. The third-order valence-corrected chi connectivity index (χ3v) is 6.02. The van der Waals surface area contributed by atoms with Gasteiger partial charge < -0.3 is 4.74 Å². The predicted octanol–water partition coefficient (Wildman–Crippen LogP) is 5.86. The van der Waals surface area contributed by atoms with Gasteiger partial charge in [-0.1, -0.05) is 78.1 Å². The molecule has 0 atom stereocenters. The molecule has 1 aromatic heterocycles. The monoisotopic (exact) mass is 414 g/mol. The first kappa shape index (κ1) is 19.9. The largest absolute Gasteiger partial charge is 0.494 e. The van der Waals surface area contributed by atoms with Crippen molar-refractivity contribution in [3.05, 3.63) is 95.6 Å². The van der Waals surface area contributed by atoms with Gasteiger partial charge in [0.25, 0.3) is 5.91 Å². The fourth-order valence-corrected chi connectivity index (χ4v) is 4.26. The fourth-order valence-electron chi connectivity index (χ4n) is 3.21. The summed E-state index contributed by atoms with van der Waals surface area (Å²) in [5.41, 5.74) is 3.92. The molecule has 5 heteroatoms. The number of ether oxygens (including phenoxy) is 1. The molecule has 0 N–H and O–H groups in total. The Labute approximate surface area is 180 Å². The van der Waals surface area contributed by atoms with Gasteiger partial charge in [0.05, 0.1) is 18.4 Å². The first-order valence-corrected chi connectivity index (χ1v) is 10.5. The average Bonchev–Trinajstić information content (AvgIpc) is 3.24. The Kier molecular flexibility index (Phi) is 5.91. The second kappa shape index (κ2) is 8.93. The van der Waals surface area contributed by atoms with Crippen molar-refractivity contribution < 1.29 is 9.53 Å². The molecule has 1 heterocycles. The second-order valence-corrected chi connectivity index (χ2v) is 7.89. The minimum atomic E-state index is -0.113. The third-order valence-electron chi connectivity index (χ3n) is 4.81. The number of nitrogens with zero attached hydrogens (tertiary/aromatic N) is 2. The van der Waals surface area contributed by atoms with Crippen molar-refractivity contribution in [2.24, 2.45) is 0 Å². The van der Waals surface area contributed by atoms with Crippen LogP contribution in [0.3, 0.4) is 0 Å². The fraction of sp³-hybridized carbons (Fsp3) is 0.120. The summed E-state index contributed by atoms with van der Waals surface area (Å²) in [4.78, 5) is 19.7. The number of aryl methyl sites for hydroxylation is 1. The van der Waals surface area contributed by atoms with E-state index < -0.39 is 0 Å². The van der Waals surface area contributed by atoms with Crippen molar-refractivity contribution in [2.75, 3.05) is 12.0 Å². The Morgan fingerprint density at radius 1 is 1.03 bits per heavy atom. The van der Waals surface area contributed by atoms with Crippen LogP contribution in [0.1, 0.15) is 16.7 Å². The minimum Gasteiger partial charge on any atom is -0.494 e. The van der Waals surface area contributed by atoms with E-state index in [1.54, 1.807) is 18.1 Å². The molecule has 4 rings (SSSR count). The van der Waals surface area contributed by atoms with Crippen molar-refractivity contribution in [1.82, 2.24) is 4.98 Å². The SMILES string of the molecule is COc1ccc(C)c2sc(N(Cc3ccccc3)C(=O)/C=C/c3ccccc3)nc12. The molecule has 0 spiro atoms. The Bertz CT molecular complexity index is 1180. The van der Waals surface area contributed by atoms with Gasteiger partial charge in [0, 0.05) is 6.08 Å². The third kappa shape index (κ3) is 4.26. The van der Waals surface area contributed by atoms with Gasteiger partial charge in [-0.25, -0.2) is 4.98 Å². The van der Waals surface area contributed by atoms with Gasteiger partial charge in [0.2, 0.25) is 0 Å². The number of anilines is 1. The molecule has 0 bridgehead atoms. The van der Waals surface area contributed by atoms with Crippen LogP contribution in [0.5, 0.6) is 5.75 Å². The number of hydrogen-bond acceptors (Lipinski definition) is 4. The number of hydrogen-bond donors (Lipinski definition) is 0. The summed E-state index contributed by atoms with van der Waals surface area (Å²) in [6.07, 6.45) is 3.44. The Morgan fingerprint density at radius 3 is 2.43 bits per heavy atom. The van der Waals surface area contributed by atoms with Crippen LogP contribution < -0.4 is 9.64 Å². The lowest BCUT2D eigenvalue weighted by molar-refractivity contribution is -0.114. The van der Waals surface area contributed by atoms with E-state index in [0.29, 0.717) is 17.4 Å². The lowest BCUT2D eigenvalue weighted by atomic mass is 10.2. The number of fused-ring (bicyclic) bond motifs is 1. The summed E-state index contributed by atoms with van der Waals surface area (Å²) in [6, 6.07) is 23.7. The van der Waals surface area contributed by atoms with E-state index in [2.05, 4.69) is 0 Å². The van der Waals surface area contributed by atoms with Gasteiger partial charge in [-0.2, -0.15) is 0 Å². The zero-order valence-corrected chi connectivity index (χ0v) is 17.7. The van der Waals surface area contributed by atoms with Crippen LogP contribution in [0, 0.1) is 6.92 Å². The molecule has 4 nitrogen and oxygen atoms in total. The topological polar surface area (TPSA) is 42.4 Å². The van der Waals surface area contributed by atoms with Crippen LogP contribution >= 0.6 is 11.3 Å². The molecule has 0 aliphatic heterocycles. The maximum atomic E-state index is 13.2. The maximum Gasteiger partial charge on any atom is 0.253 e. The smallest absolute Gasteiger partial charge is 0.253 e. The number of rotatable bonds is 6. The second-order valence-electron chi connectivity index (χ2n) is 6.91. The predicted molar refractivity (Wildman–Crippen MR) is 124 cm³/mol. The minimum absolute atomic E-state index is 0.113. The molecule has 4 aromatic rings. The van der Waals surface area contributed by atoms with Crippen molar-refractivity contribution in [3.63, 3.8) is 0 Å². The van der Waals surface area contributed by atoms with Crippen molar-refractivity contribution in [2.45, 2.75) is 13.5 Å². The van der Waals surface area contributed by atoms with E-state index in [9.17, 15) is 4.79 Å². The number of carbonyl (C=O) groups is 1. The quantitative estimate of drug-likeness (QED) is 0.371. The van der Waals surface area contributed by atoms with Crippen LogP contribution in [0.2, 0.25) is 0 Å². The summed E-state index contributed by atoms with van der Waals surface area (Å²) in [7, 11) is 1.64. The normalized spacial score (nSPS) is 11.1. The summed E-state index contributed by atoms with van der Waals surface area (Å²) in [5.74, 6) is 0.600. The van der Waals surface area contributed by atoms with E-state index >= 15 is 0 Å². The highest BCUT2D eigenvalue weighted by Crippen LogP contribution is 2.37. The summed E-state index contributed by atoms with van der Waals surface area (Å²) in [6.45, 7) is 2.49. The molecule has 0 unspecified atom stereocenters. The number of aromatic nitrogens is 1. The van der Waals surface area contributed by atoms with E-state index in [1.165, 1.54) is 11.3 Å². The molecule has 0 radical (unpaired) electrons. The van der Waals surface area contributed by atoms with Crippen LogP contribution in [-0.4, -0.2) is 18.0 Å². The molecule has 0 aliphatic carbocycles. The van der Waals surface area contributed by atoms with E-state index in [1.807, 2.05) is 85.8 Å². The van der Waals surface area contributed by atoms with Gasteiger partial charge >= 0.3 is 0 Å². The summed E-state index contributed by atoms with van der Waals surface area (Å²) in [5, 5.41) is 0.657. The molecule has 0 saturated heterocycles. The Hall–Kier alpha value is -3.44. The summed E-state index contributed by atoms with van der Waals surface area (Å²) >= 11 is 1.51. The van der Waals surface area contributed by atoms with Crippen LogP contribution in [0.25, 0.3) is 16.3 Å². The highest BCUT2D eigenvalue weighted by atomic mass is 32.1. The Balaban J connectivity index is 1.73. The summed E-state index contributed by atoms with van der Waals surface area (Å²) < 4.78 is 6.52. The molecular formula is C25H22N2O2S. The van der Waals surface area contributed by atoms with Crippen molar-refractivity contribution >= 4 is 38.7 Å². The van der Waals surface area contributed by atoms with Crippen molar-refractivity contribution in [1.29, 1.82) is 0 Å². The molecule has 30 heavy (non-hydrogen) atoms. The highest BCUT2D eigenvalue weighted by Gasteiger charge is 2.20.